The number of nitrogens with one attached hydrogen (secondary N) is 1. The van der Waals surface area contributed by atoms with E-state index in [-0.39, 0.29) is 0 Å². The van der Waals surface area contributed by atoms with Crippen molar-refractivity contribution >= 4 is 0 Å². The molecule has 1 rings (SSSR count). The molecule has 0 amide bonds. The van der Waals surface area contributed by atoms with Crippen molar-refractivity contribution < 1.29 is 0 Å². The second-order valence-electron chi connectivity index (χ2n) is 6.54. The van der Waals surface area contributed by atoms with Gasteiger partial charge in [-0.05, 0) is 69.7 Å². The van der Waals surface area contributed by atoms with Crippen molar-refractivity contribution in [1.29, 1.82) is 0 Å². The highest BCUT2D eigenvalue weighted by Crippen LogP contribution is 2.34. The van der Waals surface area contributed by atoms with Crippen LogP contribution in [0.2, 0.25) is 0 Å². The van der Waals surface area contributed by atoms with Crippen molar-refractivity contribution in [1.82, 2.24) is 10.2 Å². The van der Waals surface area contributed by atoms with E-state index in [2.05, 4.69) is 37.9 Å². The van der Waals surface area contributed by atoms with Crippen LogP contribution in [0.25, 0.3) is 0 Å². The first-order chi connectivity index (χ1) is 8.04. The van der Waals surface area contributed by atoms with Crippen LogP contribution in [0.15, 0.2) is 0 Å². The Morgan fingerprint density at radius 2 is 1.76 bits per heavy atom. The fourth-order valence-electron chi connectivity index (χ4n) is 2.78. The van der Waals surface area contributed by atoms with Crippen molar-refractivity contribution in [2.75, 3.05) is 32.7 Å². The Bertz CT molecular complexity index is 188. The minimum absolute atomic E-state index is 0.511. The highest BCUT2D eigenvalue weighted by molar-refractivity contribution is 4.80. The van der Waals surface area contributed by atoms with Crippen LogP contribution >= 0.6 is 0 Å². The van der Waals surface area contributed by atoms with Crippen LogP contribution in [0.4, 0.5) is 0 Å². The van der Waals surface area contributed by atoms with E-state index in [1.807, 2.05) is 0 Å². The van der Waals surface area contributed by atoms with Gasteiger partial charge in [0.2, 0.25) is 0 Å². The Morgan fingerprint density at radius 1 is 1.12 bits per heavy atom. The molecule has 0 aromatic carbocycles. The van der Waals surface area contributed by atoms with E-state index in [0.717, 1.165) is 12.5 Å². The lowest BCUT2D eigenvalue weighted by Crippen LogP contribution is -2.38. The van der Waals surface area contributed by atoms with Gasteiger partial charge in [0.05, 0.1) is 0 Å². The third-order valence-electron chi connectivity index (χ3n) is 4.14. The van der Waals surface area contributed by atoms with Gasteiger partial charge in [-0.1, -0.05) is 27.7 Å². The second-order valence-corrected chi connectivity index (χ2v) is 6.54. The van der Waals surface area contributed by atoms with E-state index in [0.29, 0.717) is 5.41 Å². The zero-order valence-electron chi connectivity index (χ0n) is 12.4. The molecule has 1 fully saturated rings. The lowest BCUT2D eigenvalue weighted by Gasteiger charge is -2.38. The summed E-state index contributed by atoms with van der Waals surface area (Å²) in [6.07, 6.45) is 5.48. The minimum atomic E-state index is 0.511. The van der Waals surface area contributed by atoms with Crippen molar-refractivity contribution in [3.8, 4) is 0 Å². The summed E-state index contributed by atoms with van der Waals surface area (Å²) in [4.78, 5) is 2.66. The van der Waals surface area contributed by atoms with Crippen molar-refractivity contribution in [3.05, 3.63) is 0 Å². The van der Waals surface area contributed by atoms with Crippen LogP contribution < -0.4 is 5.32 Å². The molecule has 0 radical (unpaired) electrons. The Hall–Kier alpha value is -0.0800. The number of rotatable bonds is 6. The summed E-state index contributed by atoms with van der Waals surface area (Å²) < 4.78 is 0. The number of nitrogens with zero attached hydrogens (tertiary/aromatic N) is 1. The molecule has 0 bridgehead atoms. The molecule has 1 saturated heterocycles. The molecule has 0 saturated carbocycles. The molecule has 102 valence electrons. The van der Waals surface area contributed by atoms with Crippen molar-refractivity contribution in [2.24, 2.45) is 11.3 Å². The molecule has 17 heavy (non-hydrogen) atoms. The first-order valence-electron chi connectivity index (χ1n) is 7.47. The number of likely N-dealkylation sites (tertiary alicyclic amines) is 1. The molecule has 2 heteroatoms. The number of piperidine rings is 1. The summed E-state index contributed by atoms with van der Waals surface area (Å²) in [6.45, 7) is 15.6. The van der Waals surface area contributed by atoms with Gasteiger partial charge in [0, 0.05) is 0 Å². The van der Waals surface area contributed by atoms with Crippen molar-refractivity contribution in [2.45, 2.75) is 53.4 Å². The Balaban J connectivity index is 2.07. The van der Waals surface area contributed by atoms with E-state index in [1.54, 1.807) is 0 Å². The largest absolute Gasteiger partial charge is 0.317 e. The van der Waals surface area contributed by atoms with Gasteiger partial charge in [0.1, 0.15) is 0 Å². The zero-order valence-corrected chi connectivity index (χ0v) is 12.4. The van der Waals surface area contributed by atoms with Gasteiger partial charge >= 0.3 is 0 Å². The Kier molecular flexibility index (Phi) is 6.50. The van der Waals surface area contributed by atoms with Crippen LogP contribution in [-0.4, -0.2) is 37.6 Å². The molecule has 0 aromatic rings. The van der Waals surface area contributed by atoms with Gasteiger partial charge < -0.3 is 10.2 Å². The van der Waals surface area contributed by atoms with Gasteiger partial charge in [-0.2, -0.15) is 0 Å². The highest BCUT2D eigenvalue weighted by atomic mass is 15.1. The first-order valence-corrected chi connectivity index (χ1v) is 7.47. The topological polar surface area (TPSA) is 15.3 Å². The first kappa shape index (κ1) is 15.0. The molecular weight excluding hydrogens is 208 g/mol. The smallest absolute Gasteiger partial charge is 0.00159 e. The maximum atomic E-state index is 3.39. The van der Waals surface area contributed by atoms with Crippen LogP contribution in [0, 0.1) is 11.3 Å². The molecule has 1 aliphatic heterocycles. The van der Waals surface area contributed by atoms with Gasteiger partial charge in [-0.25, -0.2) is 0 Å². The molecular formula is C15H32N2. The van der Waals surface area contributed by atoms with Gasteiger partial charge in [0.15, 0.2) is 0 Å². The standard InChI is InChI=1S/C15H32N2/c1-5-16-10-6-7-11-17-12-8-14(9-13-17)15(2,3)4/h14,16H,5-13H2,1-4H3. The summed E-state index contributed by atoms with van der Waals surface area (Å²) in [5.41, 5.74) is 0.511. The summed E-state index contributed by atoms with van der Waals surface area (Å²) in [5, 5.41) is 3.39. The van der Waals surface area contributed by atoms with Crippen LogP contribution in [0.5, 0.6) is 0 Å². The fraction of sp³-hybridized carbons (Fsp3) is 1.00. The minimum Gasteiger partial charge on any atom is -0.317 e. The predicted octanol–water partition coefficient (Wildman–Crippen LogP) is 3.13. The monoisotopic (exact) mass is 240 g/mol. The average Bonchev–Trinajstić information content (AvgIpc) is 2.28. The van der Waals surface area contributed by atoms with Gasteiger partial charge in [0.25, 0.3) is 0 Å². The second kappa shape index (κ2) is 7.38. The number of unbranched alkanes of at least 4 members (excludes halogenated alkanes) is 1. The van der Waals surface area contributed by atoms with Crippen LogP contribution in [0.3, 0.4) is 0 Å². The highest BCUT2D eigenvalue weighted by Gasteiger charge is 2.28. The third-order valence-corrected chi connectivity index (χ3v) is 4.14. The fourth-order valence-corrected chi connectivity index (χ4v) is 2.78. The van der Waals surface area contributed by atoms with Crippen molar-refractivity contribution in [3.63, 3.8) is 0 Å². The normalized spacial score (nSPS) is 19.8. The van der Waals surface area contributed by atoms with E-state index >= 15 is 0 Å². The van der Waals surface area contributed by atoms with Gasteiger partial charge in [-0.15, -0.1) is 0 Å². The summed E-state index contributed by atoms with van der Waals surface area (Å²) in [6, 6.07) is 0. The van der Waals surface area contributed by atoms with E-state index in [1.165, 1.54) is 51.9 Å². The quantitative estimate of drug-likeness (QED) is 0.718. The molecule has 1 heterocycles. The molecule has 0 atom stereocenters. The Labute approximate surface area is 108 Å². The van der Waals surface area contributed by atoms with E-state index in [4.69, 9.17) is 0 Å². The SMILES string of the molecule is CCNCCCCN1CCC(C(C)(C)C)CC1. The number of hydrogen-bond donors (Lipinski definition) is 1. The number of hydrogen-bond acceptors (Lipinski definition) is 2. The maximum Gasteiger partial charge on any atom is -0.00159 e. The molecule has 0 aliphatic carbocycles. The third kappa shape index (κ3) is 5.87. The van der Waals surface area contributed by atoms with E-state index in [9.17, 15) is 0 Å². The lowest BCUT2D eigenvalue weighted by molar-refractivity contribution is 0.111. The summed E-state index contributed by atoms with van der Waals surface area (Å²) >= 11 is 0. The van der Waals surface area contributed by atoms with E-state index < -0.39 is 0 Å². The van der Waals surface area contributed by atoms with Crippen LogP contribution in [-0.2, 0) is 0 Å². The maximum absolute atomic E-state index is 3.39. The molecule has 0 spiro atoms. The summed E-state index contributed by atoms with van der Waals surface area (Å²) in [5.74, 6) is 0.931. The molecule has 0 unspecified atom stereocenters. The zero-order chi connectivity index (χ0) is 12.7. The van der Waals surface area contributed by atoms with Crippen LogP contribution in [0.1, 0.15) is 53.4 Å². The van der Waals surface area contributed by atoms with Gasteiger partial charge in [-0.3, -0.25) is 0 Å². The molecule has 1 N–H and O–H groups in total. The predicted molar refractivity (Wildman–Crippen MR) is 76.4 cm³/mol. The summed E-state index contributed by atoms with van der Waals surface area (Å²) in [7, 11) is 0. The lowest BCUT2D eigenvalue weighted by atomic mass is 9.75. The Morgan fingerprint density at radius 3 is 2.29 bits per heavy atom. The average molecular weight is 240 g/mol. The molecule has 0 aromatic heterocycles. The molecule has 1 aliphatic rings. The molecule has 2 nitrogen and oxygen atoms in total.